The van der Waals surface area contributed by atoms with Crippen molar-refractivity contribution >= 4 is 11.0 Å². The lowest BCUT2D eigenvalue weighted by atomic mass is 9.79. The van der Waals surface area contributed by atoms with Gasteiger partial charge in [0.1, 0.15) is 5.54 Å². The summed E-state index contributed by atoms with van der Waals surface area (Å²) in [6.07, 6.45) is 5.90. The maximum absolute atomic E-state index is 9.68. The van der Waals surface area contributed by atoms with Crippen molar-refractivity contribution in [3.8, 4) is 6.07 Å². The van der Waals surface area contributed by atoms with E-state index in [2.05, 4.69) is 40.9 Å². The van der Waals surface area contributed by atoms with Crippen LogP contribution in [0.5, 0.6) is 0 Å². The zero-order chi connectivity index (χ0) is 14.9. The number of nitriles is 1. The van der Waals surface area contributed by atoms with Crippen LogP contribution in [-0.2, 0) is 0 Å². The van der Waals surface area contributed by atoms with Crippen LogP contribution in [-0.4, -0.2) is 21.1 Å². The SMILES string of the molecule is CC(C)NC1(C#N)CCCC(n2cnc3ccccc32)C1. The average Bonchev–Trinajstić information content (AvgIpc) is 2.91. The number of rotatable bonds is 3. The summed E-state index contributed by atoms with van der Waals surface area (Å²) < 4.78 is 2.25. The molecular formula is C17H22N4. The van der Waals surface area contributed by atoms with Crippen LogP contribution < -0.4 is 5.32 Å². The van der Waals surface area contributed by atoms with Crippen LogP contribution in [0.15, 0.2) is 30.6 Å². The second kappa shape index (κ2) is 5.50. The molecule has 2 aromatic rings. The van der Waals surface area contributed by atoms with Gasteiger partial charge < -0.3 is 4.57 Å². The lowest BCUT2D eigenvalue weighted by Gasteiger charge is -2.38. The number of para-hydroxylation sites is 2. The number of aromatic nitrogens is 2. The maximum Gasteiger partial charge on any atom is 0.108 e. The molecule has 0 radical (unpaired) electrons. The summed E-state index contributed by atoms with van der Waals surface area (Å²) in [6.45, 7) is 4.21. The Morgan fingerprint density at radius 2 is 2.24 bits per heavy atom. The molecule has 1 aromatic heterocycles. The molecule has 1 heterocycles. The monoisotopic (exact) mass is 282 g/mol. The Morgan fingerprint density at radius 3 is 3.00 bits per heavy atom. The number of hydrogen-bond donors (Lipinski definition) is 1. The van der Waals surface area contributed by atoms with Crippen LogP contribution in [0, 0.1) is 11.3 Å². The van der Waals surface area contributed by atoms with E-state index in [4.69, 9.17) is 0 Å². The van der Waals surface area contributed by atoms with E-state index in [1.807, 2.05) is 24.5 Å². The van der Waals surface area contributed by atoms with E-state index >= 15 is 0 Å². The topological polar surface area (TPSA) is 53.6 Å². The first-order valence-electron chi connectivity index (χ1n) is 7.74. The molecule has 4 heteroatoms. The second-order valence-corrected chi connectivity index (χ2v) is 6.38. The molecule has 0 aliphatic heterocycles. The fourth-order valence-corrected chi connectivity index (χ4v) is 3.57. The first-order chi connectivity index (χ1) is 10.1. The van der Waals surface area contributed by atoms with Gasteiger partial charge in [0.15, 0.2) is 0 Å². The fraction of sp³-hybridized carbons (Fsp3) is 0.529. The van der Waals surface area contributed by atoms with Crippen LogP contribution in [0.1, 0.15) is 45.6 Å². The Morgan fingerprint density at radius 1 is 1.43 bits per heavy atom. The van der Waals surface area contributed by atoms with Crippen molar-refractivity contribution in [1.82, 2.24) is 14.9 Å². The minimum absolute atomic E-state index is 0.322. The Labute approximate surface area is 125 Å². The molecule has 2 atom stereocenters. The number of benzene rings is 1. The van der Waals surface area contributed by atoms with E-state index in [1.54, 1.807) is 0 Å². The summed E-state index contributed by atoms with van der Waals surface area (Å²) in [5.41, 5.74) is 1.80. The third-order valence-corrected chi connectivity index (χ3v) is 4.38. The normalized spacial score (nSPS) is 26.1. The summed E-state index contributed by atoms with van der Waals surface area (Å²) >= 11 is 0. The molecule has 1 saturated carbocycles. The van der Waals surface area contributed by atoms with Crippen molar-refractivity contribution in [1.29, 1.82) is 5.26 Å². The van der Waals surface area contributed by atoms with E-state index in [9.17, 15) is 5.26 Å². The molecule has 1 aliphatic carbocycles. The molecule has 110 valence electrons. The third kappa shape index (κ3) is 2.66. The van der Waals surface area contributed by atoms with Crippen LogP contribution in [0.2, 0.25) is 0 Å². The van der Waals surface area contributed by atoms with Gasteiger partial charge in [0.2, 0.25) is 0 Å². The Kier molecular flexibility index (Phi) is 3.69. The molecule has 4 nitrogen and oxygen atoms in total. The van der Waals surface area contributed by atoms with Crippen molar-refractivity contribution in [2.24, 2.45) is 0 Å². The van der Waals surface area contributed by atoms with Gasteiger partial charge in [-0.25, -0.2) is 4.98 Å². The molecule has 1 N–H and O–H groups in total. The zero-order valence-corrected chi connectivity index (χ0v) is 12.7. The van der Waals surface area contributed by atoms with Gasteiger partial charge >= 0.3 is 0 Å². The van der Waals surface area contributed by atoms with Gasteiger partial charge in [0.25, 0.3) is 0 Å². The molecule has 0 amide bonds. The molecule has 3 rings (SSSR count). The molecule has 1 aliphatic rings. The van der Waals surface area contributed by atoms with Gasteiger partial charge in [-0.3, -0.25) is 5.32 Å². The van der Waals surface area contributed by atoms with Crippen molar-refractivity contribution in [3.63, 3.8) is 0 Å². The molecular weight excluding hydrogens is 260 g/mol. The molecule has 0 saturated heterocycles. The van der Waals surface area contributed by atoms with Crippen molar-refractivity contribution in [2.75, 3.05) is 0 Å². The van der Waals surface area contributed by atoms with E-state index in [-0.39, 0.29) is 0 Å². The van der Waals surface area contributed by atoms with Crippen LogP contribution in [0.4, 0.5) is 0 Å². The largest absolute Gasteiger partial charge is 0.327 e. The zero-order valence-electron chi connectivity index (χ0n) is 12.7. The Hall–Kier alpha value is -1.86. The lowest BCUT2D eigenvalue weighted by molar-refractivity contribution is 0.222. The highest BCUT2D eigenvalue weighted by molar-refractivity contribution is 5.75. The van der Waals surface area contributed by atoms with Crippen molar-refractivity contribution < 1.29 is 0 Å². The average molecular weight is 282 g/mol. The van der Waals surface area contributed by atoms with E-state index in [0.717, 1.165) is 31.2 Å². The predicted molar refractivity (Wildman–Crippen MR) is 83.9 cm³/mol. The first kappa shape index (κ1) is 14.1. The van der Waals surface area contributed by atoms with E-state index in [1.165, 1.54) is 5.52 Å². The molecule has 2 unspecified atom stereocenters. The lowest BCUT2D eigenvalue weighted by Crippen LogP contribution is -2.50. The molecule has 0 spiro atoms. The quantitative estimate of drug-likeness (QED) is 0.938. The molecule has 0 bridgehead atoms. The van der Waals surface area contributed by atoms with Crippen LogP contribution in [0.25, 0.3) is 11.0 Å². The minimum atomic E-state index is -0.400. The van der Waals surface area contributed by atoms with Crippen LogP contribution in [0.3, 0.4) is 0 Å². The molecule has 1 fully saturated rings. The summed E-state index contributed by atoms with van der Waals surface area (Å²) in [7, 11) is 0. The van der Waals surface area contributed by atoms with E-state index in [0.29, 0.717) is 12.1 Å². The van der Waals surface area contributed by atoms with Gasteiger partial charge in [-0.05, 0) is 51.7 Å². The highest BCUT2D eigenvalue weighted by atomic mass is 15.1. The summed E-state index contributed by atoms with van der Waals surface area (Å²) in [6, 6.07) is 11.4. The third-order valence-electron chi connectivity index (χ3n) is 4.38. The van der Waals surface area contributed by atoms with Crippen molar-refractivity contribution in [2.45, 2.75) is 57.2 Å². The highest BCUT2D eigenvalue weighted by Gasteiger charge is 2.37. The second-order valence-electron chi connectivity index (χ2n) is 6.38. The Balaban J connectivity index is 1.91. The van der Waals surface area contributed by atoms with Gasteiger partial charge in [-0.2, -0.15) is 5.26 Å². The van der Waals surface area contributed by atoms with Crippen molar-refractivity contribution in [3.05, 3.63) is 30.6 Å². The predicted octanol–water partition coefficient (Wildman–Crippen LogP) is 3.41. The smallest absolute Gasteiger partial charge is 0.108 e. The Bertz CT molecular complexity index is 667. The van der Waals surface area contributed by atoms with Crippen LogP contribution >= 0.6 is 0 Å². The summed E-state index contributed by atoms with van der Waals surface area (Å²) in [5, 5.41) is 13.2. The number of fused-ring (bicyclic) bond motifs is 1. The maximum atomic E-state index is 9.68. The number of nitrogens with zero attached hydrogens (tertiary/aromatic N) is 3. The van der Waals surface area contributed by atoms with Gasteiger partial charge in [0, 0.05) is 12.1 Å². The first-order valence-corrected chi connectivity index (χ1v) is 7.74. The molecule has 1 aromatic carbocycles. The van der Waals surface area contributed by atoms with Gasteiger partial charge in [-0.15, -0.1) is 0 Å². The van der Waals surface area contributed by atoms with E-state index < -0.39 is 5.54 Å². The van der Waals surface area contributed by atoms with Gasteiger partial charge in [0.05, 0.1) is 23.4 Å². The molecule has 21 heavy (non-hydrogen) atoms. The standard InChI is InChI=1S/C17H22N4/c1-13(2)20-17(11-18)9-5-6-14(10-17)21-12-19-15-7-3-4-8-16(15)21/h3-4,7-8,12-14,20H,5-6,9-10H2,1-2H3. The number of hydrogen-bond acceptors (Lipinski definition) is 3. The fourth-order valence-electron chi connectivity index (χ4n) is 3.57. The van der Waals surface area contributed by atoms with Gasteiger partial charge in [-0.1, -0.05) is 12.1 Å². The minimum Gasteiger partial charge on any atom is -0.327 e. The summed E-state index contributed by atoms with van der Waals surface area (Å²) in [4.78, 5) is 4.49. The highest BCUT2D eigenvalue weighted by Crippen LogP contribution is 2.37. The number of imidazole rings is 1. The summed E-state index contributed by atoms with van der Waals surface area (Å²) in [5.74, 6) is 0. The number of nitrogens with one attached hydrogen (secondary N) is 1.